The van der Waals surface area contributed by atoms with Gasteiger partial charge in [-0.05, 0) is 0 Å². The summed E-state index contributed by atoms with van der Waals surface area (Å²) in [5.74, 6) is 0. The average molecular weight is 176 g/mol. The number of hydrogen-bond donors (Lipinski definition) is 1. The van der Waals surface area contributed by atoms with Crippen molar-refractivity contribution in [2.24, 2.45) is 0 Å². The highest BCUT2D eigenvalue weighted by Gasteiger charge is 2.08. The Morgan fingerprint density at radius 1 is 1.25 bits per heavy atom. The number of halogens is 1. The molecule has 0 aromatic carbocycles. The third-order valence-electron chi connectivity index (χ3n) is 1.98. The van der Waals surface area contributed by atoms with Gasteiger partial charge in [0.2, 0.25) is 0 Å². The Hall–Kier alpha value is -0.190. The topological polar surface area (TPSA) is 24.5 Å². The van der Waals surface area contributed by atoms with Crippen molar-refractivity contribution in [3.63, 3.8) is 0 Å². The van der Waals surface area contributed by atoms with Gasteiger partial charge in [0.15, 0.2) is 0 Å². The zero-order valence-electron chi connectivity index (χ0n) is 7.39. The summed E-state index contributed by atoms with van der Waals surface area (Å²) in [6.07, 6.45) is 0. The molecule has 1 aliphatic rings. The Labute approximate surface area is 72.9 Å². The molecule has 0 unspecified atom stereocenters. The summed E-state index contributed by atoms with van der Waals surface area (Å²) in [6.45, 7) is 5.78. The Morgan fingerprint density at radius 2 is 2.00 bits per heavy atom. The molecule has 1 rings (SSSR count). The highest BCUT2D eigenvalue weighted by Crippen LogP contribution is 1.94. The van der Waals surface area contributed by atoms with Gasteiger partial charge in [-0.15, -0.1) is 0 Å². The first-order valence-corrected chi connectivity index (χ1v) is 4.50. The first-order chi connectivity index (χ1) is 5.93. The number of morpholine rings is 1. The SMILES string of the molecule is FCCNCCN1CCOCC1. The van der Waals surface area contributed by atoms with E-state index in [1.807, 2.05) is 0 Å². The van der Waals surface area contributed by atoms with Crippen LogP contribution in [0.3, 0.4) is 0 Å². The first-order valence-electron chi connectivity index (χ1n) is 4.50. The Balaban J connectivity index is 1.91. The molecule has 12 heavy (non-hydrogen) atoms. The minimum absolute atomic E-state index is 0.275. The third-order valence-corrected chi connectivity index (χ3v) is 1.98. The van der Waals surface area contributed by atoms with Crippen molar-refractivity contribution in [2.45, 2.75) is 0 Å². The molecule has 0 radical (unpaired) electrons. The Morgan fingerprint density at radius 3 is 2.67 bits per heavy atom. The summed E-state index contributed by atoms with van der Waals surface area (Å²) in [5, 5.41) is 3.02. The molecule has 0 amide bonds. The second-order valence-corrected chi connectivity index (χ2v) is 2.89. The number of hydrogen-bond acceptors (Lipinski definition) is 3. The van der Waals surface area contributed by atoms with Crippen molar-refractivity contribution in [2.75, 3.05) is 52.6 Å². The van der Waals surface area contributed by atoms with Crippen molar-refractivity contribution >= 4 is 0 Å². The van der Waals surface area contributed by atoms with Gasteiger partial charge in [0.05, 0.1) is 13.2 Å². The van der Waals surface area contributed by atoms with E-state index in [9.17, 15) is 4.39 Å². The Kier molecular flexibility index (Phi) is 5.23. The molecule has 3 nitrogen and oxygen atoms in total. The lowest BCUT2D eigenvalue weighted by atomic mass is 10.4. The maximum atomic E-state index is 11.7. The van der Waals surface area contributed by atoms with E-state index >= 15 is 0 Å². The normalized spacial score (nSPS) is 19.8. The summed E-state index contributed by atoms with van der Waals surface area (Å²) in [4.78, 5) is 2.33. The zero-order chi connectivity index (χ0) is 8.65. The highest BCUT2D eigenvalue weighted by atomic mass is 19.1. The van der Waals surface area contributed by atoms with Gasteiger partial charge in [-0.2, -0.15) is 0 Å². The molecule has 0 saturated carbocycles. The summed E-state index contributed by atoms with van der Waals surface area (Å²) < 4.78 is 16.9. The van der Waals surface area contributed by atoms with Crippen molar-refractivity contribution in [1.29, 1.82) is 0 Å². The lowest BCUT2D eigenvalue weighted by Gasteiger charge is -2.26. The number of nitrogens with one attached hydrogen (secondary N) is 1. The van der Waals surface area contributed by atoms with Gasteiger partial charge in [0.25, 0.3) is 0 Å². The van der Waals surface area contributed by atoms with Crippen LogP contribution in [0.25, 0.3) is 0 Å². The van der Waals surface area contributed by atoms with Crippen LogP contribution in [-0.4, -0.2) is 57.5 Å². The van der Waals surface area contributed by atoms with Crippen LogP contribution < -0.4 is 5.32 Å². The van der Waals surface area contributed by atoms with Crippen LogP contribution in [0.1, 0.15) is 0 Å². The largest absolute Gasteiger partial charge is 0.379 e. The molecule has 4 heteroatoms. The first kappa shape index (κ1) is 9.89. The molecule has 0 aromatic heterocycles. The third kappa shape index (κ3) is 3.99. The van der Waals surface area contributed by atoms with Gasteiger partial charge in [0.1, 0.15) is 6.67 Å². The molecule has 1 heterocycles. The minimum atomic E-state index is -0.275. The van der Waals surface area contributed by atoms with Gasteiger partial charge in [-0.25, -0.2) is 4.39 Å². The second kappa shape index (κ2) is 6.34. The van der Waals surface area contributed by atoms with Gasteiger partial charge in [-0.1, -0.05) is 0 Å². The van der Waals surface area contributed by atoms with E-state index in [0.717, 1.165) is 39.4 Å². The number of rotatable bonds is 5. The molecule has 0 atom stereocenters. The summed E-state index contributed by atoms with van der Waals surface area (Å²) in [7, 11) is 0. The minimum Gasteiger partial charge on any atom is -0.379 e. The number of alkyl halides is 1. The smallest absolute Gasteiger partial charge is 0.102 e. The predicted molar refractivity (Wildman–Crippen MR) is 46.1 cm³/mol. The molecule has 0 spiro atoms. The zero-order valence-corrected chi connectivity index (χ0v) is 7.39. The van der Waals surface area contributed by atoms with Crippen LogP contribution >= 0.6 is 0 Å². The van der Waals surface area contributed by atoms with E-state index in [1.165, 1.54) is 0 Å². The number of ether oxygens (including phenoxy) is 1. The summed E-state index contributed by atoms with van der Waals surface area (Å²) in [5.41, 5.74) is 0. The molecule has 1 N–H and O–H groups in total. The van der Waals surface area contributed by atoms with E-state index in [4.69, 9.17) is 4.74 Å². The molecule has 1 fully saturated rings. The van der Waals surface area contributed by atoms with Crippen LogP contribution in [-0.2, 0) is 4.74 Å². The molecule has 1 saturated heterocycles. The molecular weight excluding hydrogens is 159 g/mol. The van der Waals surface area contributed by atoms with E-state index in [2.05, 4.69) is 10.2 Å². The van der Waals surface area contributed by atoms with Crippen LogP contribution in [0, 0.1) is 0 Å². The predicted octanol–water partition coefficient (Wildman–Crippen LogP) is -0.122. The fourth-order valence-corrected chi connectivity index (χ4v) is 1.25. The van der Waals surface area contributed by atoms with Crippen LogP contribution in [0.2, 0.25) is 0 Å². The van der Waals surface area contributed by atoms with Gasteiger partial charge < -0.3 is 10.1 Å². The van der Waals surface area contributed by atoms with Crippen molar-refractivity contribution in [3.8, 4) is 0 Å². The monoisotopic (exact) mass is 176 g/mol. The van der Waals surface area contributed by atoms with Crippen molar-refractivity contribution in [3.05, 3.63) is 0 Å². The molecular formula is C8H17FN2O. The molecule has 1 aliphatic heterocycles. The van der Waals surface area contributed by atoms with E-state index in [-0.39, 0.29) is 6.67 Å². The fourth-order valence-electron chi connectivity index (χ4n) is 1.25. The van der Waals surface area contributed by atoms with Crippen LogP contribution in [0.5, 0.6) is 0 Å². The molecule has 0 aliphatic carbocycles. The van der Waals surface area contributed by atoms with E-state index in [0.29, 0.717) is 6.54 Å². The molecule has 72 valence electrons. The van der Waals surface area contributed by atoms with Gasteiger partial charge >= 0.3 is 0 Å². The molecule has 0 aromatic rings. The van der Waals surface area contributed by atoms with Crippen molar-refractivity contribution < 1.29 is 9.13 Å². The highest BCUT2D eigenvalue weighted by molar-refractivity contribution is 4.62. The lowest BCUT2D eigenvalue weighted by Crippen LogP contribution is -2.40. The standard InChI is InChI=1S/C8H17FN2O/c9-1-2-10-3-4-11-5-7-12-8-6-11/h10H,1-8H2. The summed E-state index contributed by atoms with van der Waals surface area (Å²) >= 11 is 0. The van der Waals surface area contributed by atoms with Gasteiger partial charge in [0, 0.05) is 32.7 Å². The quantitative estimate of drug-likeness (QED) is 0.591. The van der Waals surface area contributed by atoms with E-state index in [1.54, 1.807) is 0 Å². The van der Waals surface area contributed by atoms with Crippen LogP contribution in [0.15, 0.2) is 0 Å². The van der Waals surface area contributed by atoms with Crippen LogP contribution in [0.4, 0.5) is 4.39 Å². The van der Waals surface area contributed by atoms with Gasteiger partial charge in [-0.3, -0.25) is 4.90 Å². The lowest BCUT2D eigenvalue weighted by molar-refractivity contribution is 0.0384. The average Bonchev–Trinajstić information content (AvgIpc) is 2.14. The van der Waals surface area contributed by atoms with E-state index < -0.39 is 0 Å². The maximum Gasteiger partial charge on any atom is 0.102 e. The second-order valence-electron chi connectivity index (χ2n) is 2.89. The maximum absolute atomic E-state index is 11.7. The van der Waals surface area contributed by atoms with Crippen molar-refractivity contribution in [1.82, 2.24) is 10.2 Å². The Bertz CT molecular complexity index is 107. The summed E-state index contributed by atoms with van der Waals surface area (Å²) in [6, 6.07) is 0. The number of nitrogens with zero attached hydrogens (tertiary/aromatic N) is 1. The fraction of sp³-hybridized carbons (Fsp3) is 1.00. The molecule has 0 bridgehead atoms.